The molecule has 2 heterocycles. The van der Waals surface area contributed by atoms with Crippen LogP contribution in [0.1, 0.15) is 64.7 Å². The van der Waals surface area contributed by atoms with Crippen molar-refractivity contribution in [2.45, 2.75) is 64.7 Å². The number of amides is 1. The molecule has 1 amide bonds. The quantitative estimate of drug-likeness (QED) is 0.716. The summed E-state index contributed by atoms with van der Waals surface area (Å²) in [6, 6.07) is 0. The van der Waals surface area contributed by atoms with Crippen LogP contribution in [0.2, 0.25) is 0 Å². The number of rotatable bonds is 5. The number of likely N-dealkylation sites (tertiary alicyclic amines) is 2. The second kappa shape index (κ2) is 8.52. The Morgan fingerprint density at radius 3 is 2.60 bits per heavy atom. The van der Waals surface area contributed by atoms with Crippen molar-refractivity contribution in [1.82, 2.24) is 9.80 Å². The zero-order valence-corrected chi connectivity index (χ0v) is 15.8. The molecule has 3 fully saturated rings. The Labute approximate surface area is 152 Å². The average molecular weight is 351 g/mol. The first-order valence-electron chi connectivity index (χ1n) is 10.3. The van der Waals surface area contributed by atoms with Crippen LogP contribution < -0.4 is 0 Å². The lowest BCUT2D eigenvalue weighted by atomic mass is 9.78. The van der Waals surface area contributed by atoms with E-state index < -0.39 is 0 Å². The third kappa shape index (κ3) is 4.96. The van der Waals surface area contributed by atoms with Crippen molar-refractivity contribution in [3.8, 4) is 0 Å². The Morgan fingerprint density at radius 1 is 1.04 bits per heavy atom. The number of hydrogen-bond donors (Lipinski definition) is 0. The van der Waals surface area contributed by atoms with Crippen LogP contribution in [0, 0.1) is 11.3 Å². The van der Waals surface area contributed by atoms with E-state index in [1.54, 1.807) is 0 Å². The molecule has 0 aromatic rings. The van der Waals surface area contributed by atoms with Crippen LogP contribution in [0.5, 0.6) is 0 Å². The summed E-state index contributed by atoms with van der Waals surface area (Å²) < 4.78 is 5.08. The molecule has 0 aromatic heterocycles. The number of esters is 1. The molecular weight excluding hydrogens is 316 g/mol. The molecule has 0 aromatic carbocycles. The highest BCUT2D eigenvalue weighted by Crippen LogP contribution is 2.39. The van der Waals surface area contributed by atoms with Gasteiger partial charge in [-0.3, -0.25) is 14.5 Å². The molecular formula is C20H34N2O3. The lowest BCUT2D eigenvalue weighted by Crippen LogP contribution is -2.48. The van der Waals surface area contributed by atoms with E-state index in [1.807, 2.05) is 6.92 Å². The van der Waals surface area contributed by atoms with Crippen LogP contribution in [0.3, 0.4) is 0 Å². The van der Waals surface area contributed by atoms with Crippen molar-refractivity contribution >= 4 is 11.9 Å². The Morgan fingerprint density at radius 2 is 1.84 bits per heavy atom. The Kier molecular flexibility index (Phi) is 6.37. The minimum Gasteiger partial charge on any atom is -0.465 e. The van der Waals surface area contributed by atoms with Crippen molar-refractivity contribution in [3.63, 3.8) is 0 Å². The van der Waals surface area contributed by atoms with E-state index in [2.05, 4.69) is 9.80 Å². The molecule has 1 saturated carbocycles. The molecule has 3 rings (SSSR count). The molecule has 0 unspecified atom stereocenters. The Balaban J connectivity index is 1.50. The average Bonchev–Trinajstić information content (AvgIpc) is 2.97. The number of hydrogen-bond acceptors (Lipinski definition) is 4. The molecule has 2 saturated heterocycles. The number of carbonyl (C=O) groups excluding carboxylic acids is 2. The zero-order chi connectivity index (χ0) is 17.7. The lowest BCUT2D eigenvalue weighted by molar-refractivity contribution is -0.144. The van der Waals surface area contributed by atoms with Crippen LogP contribution in [-0.4, -0.2) is 61.0 Å². The van der Waals surface area contributed by atoms with E-state index in [0.29, 0.717) is 25.0 Å². The molecule has 25 heavy (non-hydrogen) atoms. The van der Waals surface area contributed by atoms with Gasteiger partial charge in [-0.25, -0.2) is 0 Å². The van der Waals surface area contributed by atoms with Gasteiger partial charge in [0.05, 0.1) is 13.2 Å². The minimum atomic E-state index is -0.124. The van der Waals surface area contributed by atoms with Gasteiger partial charge in [0.1, 0.15) is 0 Å². The second-order valence-corrected chi connectivity index (χ2v) is 8.39. The van der Waals surface area contributed by atoms with Crippen molar-refractivity contribution in [2.24, 2.45) is 11.3 Å². The smallest absolute Gasteiger partial charge is 0.320 e. The fraction of sp³-hybridized carbons (Fsp3) is 0.900. The predicted octanol–water partition coefficient (Wildman–Crippen LogP) is 2.83. The van der Waals surface area contributed by atoms with Crippen molar-refractivity contribution in [1.29, 1.82) is 0 Å². The molecule has 0 N–H and O–H groups in total. The molecule has 1 atom stereocenters. The first-order valence-corrected chi connectivity index (χ1v) is 10.3. The molecule has 0 bridgehead atoms. The monoisotopic (exact) mass is 350 g/mol. The largest absolute Gasteiger partial charge is 0.465 e. The van der Waals surface area contributed by atoms with E-state index in [0.717, 1.165) is 45.4 Å². The molecule has 0 radical (unpaired) electrons. The summed E-state index contributed by atoms with van der Waals surface area (Å²) in [6.07, 6.45) is 10.5. The topological polar surface area (TPSA) is 49.9 Å². The molecule has 142 valence electrons. The third-order valence-electron chi connectivity index (χ3n) is 6.38. The van der Waals surface area contributed by atoms with Gasteiger partial charge in [0, 0.05) is 31.5 Å². The number of nitrogens with zero attached hydrogens (tertiary/aromatic N) is 2. The number of ether oxygens (including phenoxy) is 1. The molecule has 3 aliphatic rings. The first kappa shape index (κ1) is 18.7. The van der Waals surface area contributed by atoms with Gasteiger partial charge in [0.2, 0.25) is 5.91 Å². The first-order chi connectivity index (χ1) is 12.1. The summed E-state index contributed by atoms with van der Waals surface area (Å²) in [5, 5.41) is 0. The van der Waals surface area contributed by atoms with E-state index >= 15 is 0 Å². The molecule has 5 nitrogen and oxygen atoms in total. The van der Waals surface area contributed by atoms with E-state index in [1.165, 1.54) is 38.5 Å². The highest BCUT2D eigenvalue weighted by molar-refractivity contribution is 5.76. The molecule has 2 aliphatic heterocycles. The highest BCUT2D eigenvalue weighted by Gasteiger charge is 2.42. The maximum Gasteiger partial charge on any atom is 0.320 e. The van der Waals surface area contributed by atoms with Crippen LogP contribution in [0.4, 0.5) is 0 Å². The van der Waals surface area contributed by atoms with Gasteiger partial charge in [-0.05, 0) is 51.5 Å². The van der Waals surface area contributed by atoms with Crippen LogP contribution in [0.15, 0.2) is 0 Å². The second-order valence-electron chi connectivity index (χ2n) is 8.39. The van der Waals surface area contributed by atoms with Gasteiger partial charge >= 0.3 is 5.97 Å². The van der Waals surface area contributed by atoms with Crippen molar-refractivity contribution < 1.29 is 14.3 Å². The van der Waals surface area contributed by atoms with Crippen LogP contribution in [0.25, 0.3) is 0 Å². The summed E-state index contributed by atoms with van der Waals surface area (Å²) in [5.74, 6) is 0.860. The fourth-order valence-corrected chi connectivity index (χ4v) is 5.07. The Bertz CT molecular complexity index is 476. The number of piperidine rings is 1. The van der Waals surface area contributed by atoms with Gasteiger partial charge < -0.3 is 9.64 Å². The van der Waals surface area contributed by atoms with Gasteiger partial charge in [0.15, 0.2) is 0 Å². The summed E-state index contributed by atoms with van der Waals surface area (Å²) in [6.45, 7) is 6.37. The molecule has 1 aliphatic carbocycles. The third-order valence-corrected chi connectivity index (χ3v) is 6.38. The fourth-order valence-electron chi connectivity index (χ4n) is 5.07. The number of carbonyl (C=O) groups is 2. The Hall–Kier alpha value is -1.10. The van der Waals surface area contributed by atoms with Gasteiger partial charge in [-0.1, -0.05) is 19.3 Å². The summed E-state index contributed by atoms with van der Waals surface area (Å²) in [5.41, 5.74) is 0.201. The zero-order valence-electron chi connectivity index (χ0n) is 15.8. The van der Waals surface area contributed by atoms with Gasteiger partial charge in [0.25, 0.3) is 0 Å². The van der Waals surface area contributed by atoms with Crippen LogP contribution >= 0.6 is 0 Å². The minimum absolute atomic E-state index is 0.124. The lowest BCUT2D eigenvalue weighted by Gasteiger charge is -2.41. The predicted molar refractivity (Wildman–Crippen MR) is 97.1 cm³/mol. The molecule has 5 heteroatoms. The van der Waals surface area contributed by atoms with Crippen LogP contribution in [-0.2, 0) is 14.3 Å². The van der Waals surface area contributed by atoms with E-state index in [4.69, 9.17) is 4.74 Å². The standard InChI is InChI=1S/C20H34N2O3/c1-2-25-19(24)14-21-12-10-20(15-21)9-6-11-22(16-20)18(23)13-17-7-4-3-5-8-17/h17H,2-16H2,1H3/t20-/m1/s1. The summed E-state index contributed by atoms with van der Waals surface area (Å²) >= 11 is 0. The van der Waals surface area contributed by atoms with Crippen molar-refractivity contribution in [3.05, 3.63) is 0 Å². The summed E-state index contributed by atoms with van der Waals surface area (Å²) in [4.78, 5) is 28.9. The van der Waals surface area contributed by atoms with E-state index in [-0.39, 0.29) is 11.4 Å². The SMILES string of the molecule is CCOC(=O)CN1CC[C@]2(CCCN(C(=O)CC3CCCCC3)C2)C1. The van der Waals surface area contributed by atoms with Gasteiger partial charge in [-0.15, -0.1) is 0 Å². The normalized spacial score (nSPS) is 28.4. The summed E-state index contributed by atoms with van der Waals surface area (Å²) in [7, 11) is 0. The van der Waals surface area contributed by atoms with Gasteiger partial charge in [-0.2, -0.15) is 0 Å². The maximum absolute atomic E-state index is 12.8. The van der Waals surface area contributed by atoms with Crippen molar-refractivity contribution in [2.75, 3.05) is 39.3 Å². The molecule has 1 spiro atoms. The highest BCUT2D eigenvalue weighted by atomic mass is 16.5. The maximum atomic E-state index is 12.8. The van der Waals surface area contributed by atoms with E-state index in [9.17, 15) is 9.59 Å².